The van der Waals surface area contributed by atoms with Crippen LogP contribution < -0.4 is 10.1 Å². The maximum atomic E-state index is 13.3. The van der Waals surface area contributed by atoms with Gasteiger partial charge in [-0.15, -0.1) is 0 Å². The van der Waals surface area contributed by atoms with Crippen molar-refractivity contribution in [1.82, 2.24) is 25.0 Å². The number of ether oxygens (including phenoxy) is 1. The molecule has 0 radical (unpaired) electrons. The molecule has 0 fully saturated rings. The predicted molar refractivity (Wildman–Crippen MR) is 124 cm³/mol. The number of aromatic nitrogens is 4. The number of pyridine rings is 1. The Hall–Kier alpha value is -3.94. The Morgan fingerprint density at radius 1 is 1.12 bits per heavy atom. The summed E-state index contributed by atoms with van der Waals surface area (Å²) in [6.07, 6.45) is 3.34. The van der Waals surface area contributed by atoms with E-state index in [1.54, 1.807) is 19.5 Å². The number of amides is 1. The molecule has 3 heterocycles. The SMILES string of the molecule is COc1cccc(-n2c(C)cc(C(=O)NC(c3nc(-c4ccncc4)no3)C(C)C)c2C)c1. The standard InChI is InChI=1S/C25H27N5O3/c1-15(2)22(25-28-23(29-33-25)18-9-11-26-12-10-18)27-24(31)21-13-16(3)30(17(21)4)19-7-6-8-20(14-19)32-5/h6-15,22H,1-5H3,(H,27,31). The zero-order chi connectivity index (χ0) is 23.5. The van der Waals surface area contributed by atoms with Crippen molar-refractivity contribution in [3.05, 3.63) is 77.7 Å². The molecule has 1 aromatic carbocycles. The Kier molecular flexibility index (Phi) is 6.26. The normalized spacial score (nSPS) is 12.1. The fourth-order valence-corrected chi connectivity index (χ4v) is 3.85. The number of carbonyl (C=O) groups excluding carboxylic acids is 1. The minimum atomic E-state index is -0.430. The summed E-state index contributed by atoms with van der Waals surface area (Å²) in [5.41, 5.74) is 4.11. The first-order chi connectivity index (χ1) is 15.9. The third-order valence-corrected chi connectivity index (χ3v) is 5.59. The lowest BCUT2D eigenvalue weighted by Gasteiger charge is -2.18. The van der Waals surface area contributed by atoms with Crippen LogP contribution in [0.3, 0.4) is 0 Å². The van der Waals surface area contributed by atoms with Gasteiger partial charge in [0.05, 0.1) is 12.7 Å². The van der Waals surface area contributed by atoms with Crippen LogP contribution in [0.4, 0.5) is 0 Å². The Morgan fingerprint density at radius 2 is 1.88 bits per heavy atom. The van der Waals surface area contributed by atoms with Gasteiger partial charge in [0.1, 0.15) is 11.8 Å². The van der Waals surface area contributed by atoms with E-state index >= 15 is 0 Å². The van der Waals surface area contributed by atoms with Gasteiger partial charge in [0.25, 0.3) is 5.91 Å². The Bertz CT molecular complexity index is 1260. The highest BCUT2D eigenvalue weighted by Crippen LogP contribution is 2.27. The molecule has 0 saturated heterocycles. The lowest BCUT2D eigenvalue weighted by molar-refractivity contribution is 0.0913. The van der Waals surface area contributed by atoms with Crippen molar-refractivity contribution in [2.45, 2.75) is 33.7 Å². The molecule has 3 aromatic heterocycles. The molecule has 170 valence electrons. The van der Waals surface area contributed by atoms with E-state index in [0.29, 0.717) is 17.3 Å². The van der Waals surface area contributed by atoms with E-state index in [1.165, 1.54) is 0 Å². The van der Waals surface area contributed by atoms with Crippen LogP contribution in [0.15, 0.2) is 59.4 Å². The molecule has 0 aliphatic heterocycles. The fraction of sp³-hybridized carbons (Fsp3) is 0.280. The van der Waals surface area contributed by atoms with E-state index in [0.717, 1.165) is 28.4 Å². The molecule has 33 heavy (non-hydrogen) atoms. The van der Waals surface area contributed by atoms with Crippen LogP contribution in [-0.2, 0) is 0 Å². The first kappa shape index (κ1) is 22.3. The smallest absolute Gasteiger partial charge is 0.253 e. The van der Waals surface area contributed by atoms with E-state index in [4.69, 9.17) is 9.26 Å². The van der Waals surface area contributed by atoms with Crippen molar-refractivity contribution in [3.63, 3.8) is 0 Å². The second-order valence-electron chi connectivity index (χ2n) is 8.21. The first-order valence-corrected chi connectivity index (χ1v) is 10.8. The fourth-order valence-electron chi connectivity index (χ4n) is 3.85. The number of hydrogen-bond donors (Lipinski definition) is 1. The highest BCUT2D eigenvalue weighted by molar-refractivity contribution is 5.96. The number of benzene rings is 1. The molecule has 0 aliphatic carbocycles. The van der Waals surface area contributed by atoms with Gasteiger partial charge in [-0.2, -0.15) is 4.98 Å². The zero-order valence-corrected chi connectivity index (χ0v) is 19.4. The number of rotatable bonds is 7. The summed E-state index contributed by atoms with van der Waals surface area (Å²) >= 11 is 0. The van der Waals surface area contributed by atoms with Gasteiger partial charge >= 0.3 is 0 Å². The van der Waals surface area contributed by atoms with Gasteiger partial charge in [-0.25, -0.2) is 0 Å². The van der Waals surface area contributed by atoms with Gasteiger partial charge in [0.15, 0.2) is 0 Å². The molecule has 1 unspecified atom stereocenters. The van der Waals surface area contributed by atoms with E-state index in [2.05, 4.69) is 20.4 Å². The zero-order valence-electron chi connectivity index (χ0n) is 19.4. The van der Waals surface area contributed by atoms with Crippen molar-refractivity contribution in [1.29, 1.82) is 0 Å². The molecule has 8 heteroatoms. The summed E-state index contributed by atoms with van der Waals surface area (Å²) in [5.74, 6) is 1.43. The van der Waals surface area contributed by atoms with Gasteiger partial charge in [0.2, 0.25) is 11.7 Å². The summed E-state index contributed by atoms with van der Waals surface area (Å²) in [6, 6.07) is 12.8. The second kappa shape index (κ2) is 9.28. The summed E-state index contributed by atoms with van der Waals surface area (Å²) in [4.78, 5) is 21.8. The number of nitrogens with zero attached hydrogens (tertiary/aromatic N) is 4. The van der Waals surface area contributed by atoms with Crippen LogP contribution in [0.25, 0.3) is 17.1 Å². The maximum Gasteiger partial charge on any atom is 0.253 e. The van der Waals surface area contributed by atoms with Crippen LogP contribution in [0.5, 0.6) is 5.75 Å². The Labute approximate surface area is 192 Å². The topological polar surface area (TPSA) is 95.1 Å². The van der Waals surface area contributed by atoms with Crippen LogP contribution in [0, 0.1) is 19.8 Å². The number of nitrogens with one attached hydrogen (secondary N) is 1. The van der Waals surface area contributed by atoms with Gasteiger partial charge in [-0.1, -0.05) is 25.1 Å². The van der Waals surface area contributed by atoms with Gasteiger partial charge in [-0.05, 0) is 50.1 Å². The lowest BCUT2D eigenvalue weighted by Crippen LogP contribution is -2.32. The quantitative estimate of drug-likeness (QED) is 0.444. The molecule has 1 atom stereocenters. The number of hydrogen-bond acceptors (Lipinski definition) is 6. The number of aryl methyl sites for hydroxylation is 1. The van der Waals surface area contributed by atoms with Crippen LogP contribution >= 0.6 is 0 Å². The van der Waals surface area contributed by atoms with Gasteiger partial charge < -0.3 is 19.1 Å². The molecule has 0 bridgehead atoms. The number of methoxy groups -OCH3 is 1. The average Bonchev–Trinajstić information content (AvgIpc) is 3.42. The summed E-state index contributed by atoms with van der Waals surface area (Å²) in [6.45, 7) is 7.91. The monoisotopic (exact) mass is 445 g/mol. The van der Waals surface area contributed by atoms with Crippen molar-refractivity contribution >= 4 is 5.91 Å². The lowest BCUT2D eigenvalue weighted by atomic mass is 10.0. The van der Waals surface area contributed by atoms with Crippen molar-refractivity contribution in [3.8, 4) is 22.8 Å². The molecular weight excluding hydrogens is 418 g/mol. The van der Waals surface area contributed by atoms with Crippen LogP contribution in [0.2, 0.25) is 0 Å². The Balaban J connectivity index is 1.61. The Morgan fingerprint density at radius 3 is 2.58 bits per heavy atom. The predicted octanol–water partition coefficient (Wildman–Crippen LogP) is 4.67. The second-order valence-corrected chi connectivity index (χ2v) is 8.21. The van der Waals surface area contributed by atoms with Gasteiger partial charge in [-0.3, -0.25) is 9.78 Å². The molecule has 0 spiro atoms. The maximum absolute atomic E-state index is 13.3. The highest BCUT2D eigenvalue weighted by Gasteiger charge is 2.27. The van der Waals surface area contributed by atoms with Crippen molar-refractivity contribution in [2.75, 3.05) is 7.11 Å². The highest BCUT2D eigenvalue weighted by atomic mass is 16.5. The minimum Gasteiger partial charge on any atom is -0.497 e. The number of carbonyl (C=O) groups is 1. The third kappa shape index (κ3) is 4.50. The molecular formula is C25H27N5O3. The van der Waals surface area contributed by atoms with E-state index in [9.17, 15) is 4.79 Å². The van der Waals surface area contributed by atoms with E-state index in [1.807, 2.05) is 74.7 Å². The molecule has 4 rings (SSSR count). The van der Waals surface area contributed by atoms with Crippen molar-refractivity contribution in [2.24, 2.45) is 5.92 Å². The molecule has 4 aromatic rings. The molecule has 8 nitrogen and oxygen atoms in total. The summed E-state index contributed by atoms with van der Waals surface area (Å²) in [5, 5.41) is 7.16. The van der Waals surface area contributed by atoms with Crippen LogP contribution in [0.1, 0.15) is 47.5 Å². The van der Waals surface area contributed by atoms with Crippen LogP contribution in [-0.4, -0.2) is 32.7 Å². The largest absolute Gasteiger partial charge is 0.497 e. The molecule has 1 amide bonds. The van der Waals surface area contributed by atoms with Gasteiger partial charge in [0, 0.05) is 41.1 Å². The third-order valence-electron chi connectivity index (χ3n) is 5.59. The first-order valence-electron chi connectivity index (χ1n) is 10.8. The van der Waals surface area contributed by atoms with E-state index < -0.39 is 6.04 Å². The van der Waals surface area contributed by atoms with E-state index in [-0.39, 0.29) is 11.8 Å². The minimum absolute atomic E-state index is 0.0431. The van der Waals surface area contributed by atoms with Crippen molar-refractivity contribution < 1.29 is 14.1 Å². The molecule has 0 aliphatic rings. The molecule has 0 saturated carbocycles. The summed E-state index contributed by atoms with van der Waals surface area (Å²) < 4.78 is 12.9. The summed E-state index contributed by atoms with van der Waals surface area (Å²) in [7, 11) is 1.64. The average molecular weight is 446 g/mol. The molecule has 1 N–H and O–H groups in total.